The molecule has 26 heavy (non-hydrogen) atoms. The molecular formula is C19H22ClNO5. The van der Waals surface area contributed by atoms with Gasteiger partial charge in [-0.2, -0.15) is 0 Å². The summed E-state index contributed by atoms with van der Waals surface area (Å²) in [5.74, 6) is 0.742. The van der Waals surface area contributed by atoms with Gasteiger partial charge in [-0.15, -0.1) is 0 Å². The number of hydrogen-bond acceptors (Lipinski definition) is 5. The first-order valence-corrected chi connectivity index (χ1v) is 8.61. The number of benzene rings is 2. The average molecular weight is 380 g/mol. The van der Waals surface area contributed by atoms with Gasteiger partial charge in [0.2, 0.25) is 0 Å². The van der Waals surface area contributed by atoms with Crippen LogP contribution in [0.1, 0.15) is 29.8 Å². The van der Waals surface area contributed by atoms with Gasteiger partial charge in [-0.3, -0.25) is 0 Å². The van der Waals surface area contributed by atoms with E-state index in [0.717, 1.165) is 5.56 Å². The average Bonchev–Trinajstić information content (AvgIpc) is 2.62. The Morgan fingerprint density at radius 1 is 1.08 bits per heavy atom. The third-order valence-corrected chi connectivity index (χ3v) is 3.98. The number of ether oxygens (including phenoxy) is 3. The Labute approximate surface area is 157 Å². The van der Waals surface area contributed by atoms with Crippen LogP contribution in [0.5, 0.6) is 17.2 Å². The van der Waals surface area contributed by atoms with Gasteiger partial charge in [0, 0.05) is 17.6 Å². The fraction of sp³-hybridized carbons (Fsp3) is 0.316. The van der Waals surface area contributed by atoms with Crippen LogP contribution in [-0.2, 0) is 6.54 Å². The molecule has 0 saturated heterocycles. The molecule has 0 aliphatic heterocycles. The third kappa shape index (κ3) is 4.73. The van der Waals surface area contributed by atoms with Crippen LogP contribution in [0.3, 0.4) is 0 Å². The molecule has 7 heteroatoms. The predicted molar refractivity (Wildman–Crippen MR) is 101 cm³/mol. The van der Waals surface area contributed by atoms with Crippen LogP contribution in [0.15, 0.2) is 30.3 Å². The van der Waals surface area contributed by atoms with Crippen molar-refractivity contribution in [3.63, 3.8) is 0 Å². The Morgan fingerprint density at radius 2 is 1.73 bits per heavy atom. The maximum atomic E-state index is 11.2. The minimum atomic E-state index is -1.01. The largest absolute Gasteiger partial charge is 0.495 e. The molecule has 0 heterocycles. The number of hydrogen-bond donors (Lipinski definition) is 2. The van der Waals surface area contributed by atoms with Crippen molar-refractivity contribution >= 4 is 23.3 Å². The summed E-state index contributed by atoms with van der Waals surface area (Å²) >= 11 is 6.36. The second kappa shape index (κ2) is 9.20. The molecule has 2 aromatic rings. The number of rotatable bonds is 9. The Hall–Kier alpha value is -2.60. The lowest BCUT2D eigenvalue weighted by Crippen LogP contribution is -2.06. The summed E-state index contributed by atoms with van der Waals surface area (Å²) in [4.78, 5) is 11.2. The van der Waals surface area contributed by atoms with E-state index in [9.17, 15) is 4.79 Å². The van der Waals surface area contributed by atoms with Crippen LogP contribution in [0.25, 0.3) is 0 Å². The number of aromatic carboxylic acids is 1. The normalized spacial score (nSPS) is 10.3. The first kappa shape index (κ1) is 19.7. The van der Waals surface area contributed by atoms with E-state index in [0.29, 0.717) is 47.7 Å². The van der Waals surface area contributed by atoms with E-state index in [1.54, 1.807) is 12.1 Å². The van der Waals surface area contributed by atoms with Crippen molar-refractivity contribution in [3.8, 4) is 17.2 Å². The van der Waals surface area contributed by atoms with Gasteiger partial charge in [-0.1, -0.05) is 11.6 Å². The van der Waals surface area contributed by atoms with E-state index in [4.69, 9.17) is 30.9 Å². The van der Waals surface area contributed by atoms with E-state index in [1.807, 2.05) is 19.9 Å². The molecule has 6 nitrogen and oxygen atoms in total. The Balaban J connectivity index is 2.27. The van der Waals surface area contributed by atoms with Crippen molar-refractivity contribution < 1.29 is 24.1 Å². The zero-order valence-electron chi connectivity index (χ0n) is 15.0. The van der Waals surface area contributed by atoms with Gasteiger partial charge < -0.3 is 24.6 Å². The molecule has 0 aliphatic rings. The number of methoxy groups -OCH3 is 1. The van der Waals surface area contributed by atoms with Gasteiger partial charge in [0.05, 0.1) is 31.6 Å². The highest BCUT2D eigenvalue weighted by molar-refractivity contribution is 6.31. The van der Waals surface area contributed by atoms with E-state index in [2.05, 4.69) is 5.32 Å². The highest BCUT2D eigenvalue weighted by atomic mass is 35.5. The quantitative estimate of drug-likeness (QED) is 0.670. The van der Waals surface area contributed by atoms with Crippen molar-refractivity contribution in [3.05, 3.63) is 46.5 Å². The summed E-state index contributed by atoms with van der Waals surface area (Å²) < 4.78 is 16.4. The first-order valence-electron chi connectivity index (χ1n) is 8.23. The van der Waals surface area contributed by atoms with Crippen LogP contribution < -0.4 is 19.5 Å². The Morgan fingerprint density at radius 3 is 2.31 bits per heavy atom. The van der Waals surface area contributed by atoms with Crippen LogP contribution in [0.4, 0.5) is 5.69 Å². The maximum absolute atomic E-state index is 11.2. The van der Waals surface area contributed by atoms with Gasteiger partial charge in [0.25, 0.3) is 0 Å². The van der Waals surface area contributed by atoms with E-state index >= 15 is 0 Å². The molecule has 0 radical (unpaired) electrons. The van der Waals surface area contributed by atoms with E-state index in [1.165, 1.54) is 19.2 Å². The summed E-state index contributed by atoms with van der Waals surface area (Å²) in [6.07, 6.45) is 0. The second-order valence-corrected chi connectivity index (χ2v) is 5.74. The lowest BCUT2D eigenvalue weighted by Gasteiger charge is -2.16. The molecule has 0 amide bonds. The summed E-state index contributed by atoms with van der Waals surface area (Å²) in [5, 5.41) is 12.9. The standard InChI is InChI=1S/C19H22ClNO5/c1-4-25-17-9-13(14(20)10-18(17)26-5-2)11-21-15-8-12(19(22)23)6-7-16(15)24-3/h6-10,21H,4-5,11H2,1-3H3,(H,22,23). The zero-order chi connectivity index (χ0) is 19.1. The first-order chi connectivity index (χ1) is 12.5. The van der Waals surface area contributed by atoms with Gasteiger partial charge in [0.1, 0.15) is 5.75 Å². The Bertz CT molecular complexity index is 779. The van der Waals surface area contributed by atoms with Crippen molar-refractivity contribution in [2.24, 2.45) is 0 Å². The SMILES string of the molecule is CCOc1cc(Cl)c(CNc2cc(C(=O)O)ccc2OC)cc1OCC. The zero-order valence-corrected chi connectivity index (χ0v) is 15.7. The van der Waals surface area contributed by atoms with Crippen molar-refractivity contribution in [1.29, 1.82) is 0 Å². The van der Waals surface area contributed by atoms with Gasteiger partial charge in [0.15, 0.2) is 11.5 Å². The minimum Gasteiger partial charge on any atom is -0.495 e. The molecule has 0 bridgehead atoms. The van der Waals surface area contributed by atoms with Crippen LogP contribution in [0.2, 0.25) is 5.02 Å². The molecule has 140 valence electrons. The summed E-state index contributed by atoms with van der Waals surface area (Å²) in [6, 6.07) is 8.16. The van der Waals surface area contributed by atoms with Crippen LogP contribution in [-0.4, -0.2) is 31.4 Å². The number of halogens is 1. The lowest BCUT2D eigenvalue weighted by atomic mass is 10.1. The fourth-order valence-electron chi connectivity index (χ4n) is 2.42. The number of carboxylic acids is 1. The number of carboxylic acid groups (broad SMARTS) is 1. The molecule has 2 aromatic carbocycles. The predicted octanol–water partition coefficient (Wildman–Crippen LogP) is 4.46. The van der Waals surface area contributed by atoms with E-state index in [-0.39, 0.29) is 5.56 Å². The summed E-state index contributed by atoms with van der Waals surface area (Å²) in [5.41, 5.74) is 1.53. The van der Waals surface area contributed by atoms with Gasteiger partial charge in [-0.05, 0) is 43.7 Å². The number of carbonyl (C=O) groups is 1. The number of nitrogens with one attached hydrogen (secondary N) is 1. The highest BCUT2D eigenvalue weighted by Crippen LogP contribution is 2.34. The van der Waals surface area contributed by atoms with Gasteiger partial charge in [-0.25, -0.2) is 4.79 Å². The molecular weight excluding hydrogens is 358 g/mol. The molecule has 0 unspecified atom stereocenters. The highest BCUT2D eigenvalue weighted by Gasteiger charge is 2.13. The fourth-order valence-corrected chi connectivity index (χ4v) is 2.64. The Kier molecular flexibility index (Phi) is 6.97. The lowest BCUT2D eigenvalue weighted by molar-refractivity contribution is 0.0697. The molecule has 0 aromatic heterocycles. The summed E-state index contributed by atoms with van der Waals surface area (Å²) in [6.45, 7) is 5.16. The molecule has 0 saturated carbocycles. The topological polar surface area (TPSA) is 77.0 Å². The maximum Gasteiger partial charge on any atom is 0.335 e. The van der Waals surface area contributed by atoms with Crippen LogP contribution in [0, 0.1) is 0 Å². The monoisotopic (exact) mass is 379 g/mol. The molecule has 0 aliphatic carbocycles. The number of anilines is 1. The smallest absolute Gasteiger partial charge is 0.335 e. The van der Waals surface area contributed by atoms with Gasteiger partial charge >= 0.3 is 5.97 Å². The summed E-state index contributed by atoms with van der Waals surface area (Å²) in [7, 11) is 1.53. The molecule has 2 N–H and O–H groups in total. The molecule has 0 fully saturated rings. The van der Waals surface area contributed by atoms with Crippen molar-refractivity contribution in [1.82, 2.24) is 0 Å². The third-order valence-electron chi connectivity index (χ3n) is 3.63. The molecule has 0 spiro atoms. The second-order valence-electron chi connectivity index (χ2n) is 5.33. The van der Waals surface area contributed by atoms with Crippen molar-refractivity contribution in [2.45, 2.75) is 20.4 Å². The van der Waals surface area contributed by atoms with Crippen LogP contribution >= 0.6 is 11.6 Å². The molecule has 0 atom stereocenters. The van der Waals surface area contributed by atoms with Crippen molar-refractivity contribution in [2.75, 3.05) is 25.6 Å². The molecule has 2 rings (SSSR count). The van der Waals surface area contributed by atoms with E-state index < -0.39 is 5.97 Å². The minimum absolute atomic E-state index is 0.168.